The Hall–Kier alpha value is -2.83. The number of pyridine rings is 1. The van der Waals surface area contributed by atoms with Crippen LogP contribution in [0.5, 0.6) is 5.75 Å². The maximum absolute atomic E-state index is 10.8. The molecule has 0 radical (unpaired) electrons. The summed E-state index contributed by atoms with van der Waals surface area (Å²) in [6, 6.07) is 18.8. The van der Waals surface area contributed by atoms with Gasteiger partial charge in [0.2, 0.25) is 5.91 Å². The number of carbonyl (C=O) groups excluding carboxylic acids is 1. The molecule has 7 heteroatoms. The molecule has 0 bridgehead atoms. The monoisotopic (exact) mass is 468 g/mol. The third kappa shape index (κ3) is 6.36. The van der Waals surface area contributed by atoms with E-state index in [1.54, 1.807) is 0 Å². The summed E-state index contributed by atoms with van der Waals surface area (Å²) >= 11 is 0. The first kappa shape index (κ1) is 24.8. The molecule has 1 fully saturated rings. The second-order valence-electron chi connectivity index (χ2n) is 8.27. The minimum absolute atomic E-state index is 0. The fourth-order valence-corrected chi connectivity index (χ4v) is 4.16. The number of nitrogens with zero attached hydrogens (tertiary/aromatic N) is 3. The van der Waals surface area contributed by atoms with E-state index in [9.17, 15) is 4.79 Å². The molecule has 2 N–H and O–H groups in total. The summed E-state index contributed by atoms with van der Waals surface area (Å²) in [5.41, 5.74) is 7.22. The Labute approximate surface area is 202 Å². The minimum Gasteiger partial charge on any atom is -0.494 e. The molecule has 1 saturated heterocycles. The second-order valence-corrected chi connectivity index (χ2v) is 8.27. The van der Waals surface area contributed by atoms with E-state index in [1.807, 2.05) is 12.1 Å². The normalized spacial score (nSPS) is 14.2. The van der Waals surface area contributed by atoms with Crippen molar-refractivity contribution in [1.29, 1.82) is 0 Å². The Morgan fingerprint density at radius 3 is 2.45 bits per heavy atom. The van der Waals surface area contributed by atoms with Crippen LogP contribution in [0.1, 0.15) is 26.2 Å². The molecular weight excluding hydrogens is 436 g/mol. The van der Waals surface area contributed by atoms with E-state index in [0.717, 1.165) is 68.4 Å². The van der Waals surface area contributed by atoms with Gasteiger partial charge in [-0.25, -0.2) is 4.98 Å². The number of unbranched alkanes of at least 4 members (excludes halogenated alkanes) is 1. The molecular formula is C26H33ClN4O2. The number of piperazine rings is 1. The molecule has 3 aromatic rings. The number of amides is 1. The summed E-state index contributed by atoms with van der Waals surface area (Å²) in [5.74, 6) is 1.64. The summed E-state index contributed by atoms with van der Waals surface area (Å²) < 4.78 is 5.80. The zero-order chi connectivity index (χ0) is 22.3. The molecule has 2 aromatic carbocycles. The van der Waals surface area contributed by atoms with Crippen molar-refractivity contribution in [3.63, 3.8) is 0 Å². The van der Waals surface area contributed by atoms with E-state index in [1.165, 1.54) is 10.8 Å². The summed E-state index contributed by atoms with van der Waals surface area (Å²) in [6.07, 6.45) is 1.97. The van der Waals surface area contributed by atoms with Crippen LogP contribution in [0.2, 0.25) is 0 Å². The van der Waals surface area contributed by atoms with Crippen molar-refractivity contribution < 1.29 is 9.53 Å². The molecule has 0 unspecified atom stereocenters. The van der Waals surface area contributed by atoms with Crippen molar-refractivity contribution in [2.75, 3.05) is 44.2 Å². The lowest BCUT2D eigenvalue weighted by Gasteiger charge is -2.35. The standard InChI is InChI=1S/C26H32N4O2.ClH/c1-2-29-14-16-30(17-15-29)26-23-8-4-3-7-21(23)19-24(28-26)20-10-12-22(13-11-20)32-18-6-5-9-25(27)31;/h3-4,7-8,10-13,19H,2,5-6,9,14-18H2,1H3,(H2,27,31);1H. The van der Waals surface area contributed by atoms with E-state index in [2.05, 4.69) is 59.2 Å². The Bertz CT molecular complexity index is 1050. The van der Waals surface area contributed by atoms with Crippen LogP contribution in [-0.4, -0.2) is 55.1 Å². The van der Waals surface area contributed by atoms with Gasteiger partial charge in [-0.3, -0.25) is 4.79 Å². The van der Waals surface area contributed by atoms with Gasteiger partial charge in [-0.2, -0.15) is 0 Å². The summed E-state index contributed by atoms with van der Waals surface area (Å²) in [5, 5.41) is 2.41. The molecule has 2 heterocycles. The van der Waals surface area contributed by atoms with Crippen LogP contribution in [0, 0.1) is 0 Å². The van der Waals surface area contributed by atoms with Gasteiger partial charge in [0.25, 0.3) is 0 Å². The van der Waals surface area contributed by atoms with Crippen LogP contribution in [0.15, 0.2) is 54.6 Å². The fraction of sp³-hybridized carbons (Fsp3) is 0.385. The number of primary amides is 1. The molecule has 6 nitrogen and oxygen atoms in total. The quantitative estimate of drug-likeness (QED) is 0.468. The van der Waals surface area contributed by atoms with Crippen molar-refractivity contribution in [3.8, 4) is 17.0 Å². The van der Waals surface area contributed by atoms with E-state index in [0.29, 0.717) is 13.0 Å². The van der Waals surface area contributed by atoms with E-state index in [4.69, 9.17) is 15.5 Å². The highest BCUT2D eigenvalue weighted by molar-refractivity contribution is 5.95. The number of ether oxygens (including phenoxy) is 1. The molecule has 0 saturated carbocycles. The molecule has 0 spiro atoms. The number of likely N-dealkylation sites (N-methyl/N-ethyl adjacent to an activating group) is 1. The first-order valence-electron chi connectivity index (χ1n) is 11.5. The maximum atomic E-state index is 10.8. The Morgan fingerprint density at radius 1 is 1.03 bits per heavy atom. The molecule has 0 atom stereocenters. The van der Waals surface area contributed by atoms with Crippen molar-refractivity contribution in [2.45, 2.75) is 26.2 Å². The Balaban J connectivity index is 0.00000306. The molecule has 1 aliphatic heterocycles. The molecule has 1 amide bonds. The van der Waals surface area contributed by atoms with Crippen LogP contribution < -0.4 is 15.4 Å². The lowest BCUT2D eigenvalue weighted by atomic mass is 10.1. The van der Waals surface area contributed by atoms with Crippen molar-refractivity contribution in [2.24, 2.45) is 5.73 Å². The molecule has 1 aliphatic rings. The average Bonchev–Trinajstić information content (AvgIpc) is 2.83. The molecule has 4 rings (SSSR count). The number of fused-ring (bicyclic) bond motifs is 1. The van der Waals surface area contributed by atoms with Gasteiger partial charge in [-0.05, 0) is 55.1 Å². The highest BCUT2D eigenvalue weighted by Gasteiger charge is 2.19. The zero-order valence-corrected chi connectivity index (χ0v) is 20.0. The van der Waals surface area contributed by atoms with Gasteiger partial charge in [-0.1, -0.05) is 31.2 Å². The van der Waals surface area contributed by atoms with Gasteiger partial charge in [0.05, 0.1) is 12.3 Å². The lowest BCUT2D eigenvalue weighted by Crippen LogP contribution is -2.46. The SMILES string of the molecule is CCN1CCN(c2nc(-c3ccc(OCCCCC(N)=O)cc3)cc3ccccc23)CC1.Cl. The zero-order valence-electron chi connectivity index (χ0n) is 19.2. The summed E-state index contributed by atoms with van der Waals surface area (Å²) in [4.78, 5) is 20.8. The molecule has 1 aromatic heterocycles. The highest BCUT2D eigenvalue weighted by atomic mass is 35.5. The van der Waals surface area contributed by atoms with Crippen LogP contribution in [-0.2, 0) is 4.79 Å². The predicted octanol–water partition coefficient (Wildman–Crippen LogP) is 4.50. The molecule has 176 valence electrons. The van der Waals surface area contributed by atoms with E-state index >= 15 is 0 Å². The number of anilines is 1. The van der Waals surface area contributed by atoms with Crippen molar-refractivity contribution >= 4 is 34.9 Å². The van der Waals surface area contributed by atoms with Gasteiger partial charge in [0.1, 0.15) is 11.6 Å². The number of carbonyl (C=O) groups is 1. The van der Waals surface area contributed by atoms with Crippen LogP contribution in [0.25, 0.3) is 22.0 Å². The molecule has 0 aliphatic carbocycles. The topological polar surface area (TPSA) is 71.7 Å². The van der Waals surface area contributed by atoms with E-state index in [-0.39, 0.29) is 18.3 Å². The van der Waals surface area contributed by atoms with Gasteiger partial charge < -0.3 is 20.3 Å². The molecule has 33 heavy (non-hydrogen) atoms. The minimum atomic E-state index is -0.260. The smallest absolute Gasteiger partial charge is 0.217 e. The van der Waals surface area contributed by atoms with Crippen molar-refractivity contribution in [3.05, 3.63) is 54.6 Å². The highest BCUT2D eigenvalue weighted by Crippen LogP contribution is 2.31. The van der Waals surface area contributed by atoms with Gasteiger partial charge in [-0.15, -0.1) is 12.4 Å². The number of benzene rings is 2. The largest absolute Gasteiger partial charge is 0.494 e. The number of hydrogen-bond acceptors (Lipinski definition) is 5. The number of hydrogen-bond donors (Lipinski definition) is 1. The number of rotatable bonds is 9. The number of halogens is 1. The van der Waals surface area contributed by atoms with Crippen LogP contribution in [0.4, 0.5) is 5.82 Å². The number of aromatic nitrogens is 1. The van der Waals surface area contributed by atoms with Crippen LogP contribution in [0.3, 0.4) is 0 Å². The van der Waals surface area contributed by atoms with E-state index < -0.39 is 0 Å². The average molecular weight is 469 g/mol. The Morgan fingerprint density at radius 2 is 1.76 bits per heavy atom. The fourth-order valence-electron chi connectivity index (χ4n) is 4.16. The summed E-state index contributed by atoms with van der Waals surface area (Å²) in [6.45, 7) is 8.03. The van der Waals surface area contributed by atoms with Crippen molar-refractivity contribution in [1.82, 2.24) is 9.88 Å². The lowest BCUT2D eigenvalue weighted by molar-refractivity contribution is -0.118. The second kappa shape index (κ2) is 11.9. The van der Waals surface area contributed by atoms with Gasteiger partial charge >= 0.3 is 0 Å². The third-order valence-corrected chi connectivity index (χ3v) is 6.08. The van der Waals surface area contributed by atoms with Gasteiger partial charge in [0.15, 0.2) is 0 Å². The number of nitrogens with two attached hydrogens (primary N) is 1. The Kier molecular flexibility index (Phi) is 8.92. The maximum Gasteiger partial charge on any atom is 0.217 e. The third-order valence-electron chi connectivity index (χ3n) is 6.08. The summed E-state index contributed by atoms with van der Waals surface area (Å²) in [7, 11) is 0. The first-order valence-corrected chi connectivity index (χ1v) is 11.5. The van der Waals surface area contributed by atoms with Gasteiger partial charge in [0, 0.05) is 43.5 Å². The first-order chi connectivity index (χ1) is 15.6. The van der Waals surface area contributed by atoms with Crippen LogP contribution >= 0.6 is 12.4 Å². The predicted molar refractivity (Wildman–Crippen MR) is 137 cm³/mol.